The molecule has 0 spiro atoms. The molecule has 0 saturated carbocycles. The zero-order valence-corrected chi connectivity index (χ0v) is 13.8. The molecule has 0 radical (unpaired) electrons. The number of amides is 1. The Kier molecular flexibility index (Phi) is 4.57. The molecule has 1 unspecified atom stereocenters. The number of carbonyl (C=O) groups excluding carboxylic acids is 1. The summed E-state index contributed by atoms with van der Waals surface area (Å²) < 4.78 is 26.5. The largest absolute Gasteiger partial charge is 0.387 e. The van der Waals surface area contributed by atoms with Crippen LogP contribution in [0.25, 0.3) is 0 Å². The van der Waals surface area contributed by atoms with E-state index in [1.54, 1.807) is 17.0 Å². The summed E-state index contributed by atoms with van der Waals surface area (Å²) in [4.78, 5) is 20.2. The minimum absolute atomic E-state index is 0.168. The first kappa shape index (κ1) is 17.2. The van der Waals surface area contributed by atoms with Crippen LogP contribution in [-0.4, -0.2) is 70.0 Å². The van der Waals surface area contributed by atoms with E-state index in [0.29, 0.717) is 25.2 Å². The minimum atomic E-state index is -2.59. The van der Waals surface area contributed by atoms with Crippen LogP contribution in [-0.2, 0) is 0 Å². The molecule has 2 aliphatic rings. The van der Waals surface area contributed by atoms with E-state index in [1.807, 2.05) is 17.9 Å². The van der Waals surface area contributed by atoms with Gasteiger partial charge in [0.15, 0.2) is 0 Å². The van der Waals surface area contributed by atoms with E-state index >= 15 is 0 Å². The lowest BCUT2D eigenvalue weighted by Gasteiger charge is -2.36. The number of hydrogen-bond acceptors (Lipinski definition) is 4. The zero-order valence-electron chi connectivity index (χ0n) is 13.8. The van der Waals surface area contributed by atoms with Gasteiger partial charge in [0, 0.05) is 44.7 Å². The van der Waals surface area contributed by atoms with Gasteiger partial charge in [-0.15, -0.1) is 0 Å². The predicted molar refractivity (Wildman–Crippen MR) is 85.1 cm³/mol. The lowest BCUT2D eigenvalue weighted by molar-refractivity contribution is -0.0720. The summed E-state index contributed by atoms with van der Waals surface area (Å²) in [6.45, 7) is 3.38. The molecule has 2 fully saturated rings. The summed E-state index contributed by atoms with van der Waals surface area (Å²) in [6.07, 6.45) is 0.120. The maximum absolute atomic E-state index is 13.2. The molecule has 2 aliphatic heterocycles. The SMILES string of the molecule is Cc1cccc(C(=O)N2CCC(O)(CN3CCC(F)(F)CC3)C2)n1. The average molecular weight is 339 g/mol. The second-order valence-corrected chi connectivity index (χ2v) is 7.00. The first-order chi connectivity index (χ1) is 11.3. The van der Waals surface area contributed by atoms with Crippen LogP contribution in [0.15, 0.2) is 18.2 Å². The van der Waals surface area contributed by atoms with Gasteiger partial charge in [-0.05, 0) is 25.5 Å². The number of piperidine rings is 1. The van der Waals surface area contributed by atoms with Crippen molar-refractivity contribution < 1.29 is 18.7 Å². The maximum atomic E-state index is 13.2. The molecule has 1 amide bonds. The Labute approximate surface area is 140 Å². The molecule has 0 aromatic carbocycles. The lowest BCUT2D eigenvalue weighted by atomic mass is 10.00. The van der Waals surface area contributed by atoms with Crippen LogP contribution in [0, 0.1) is 6.92 Å². The van der Waals surface area contributed by atoms with Crippen LogP contribution in [0.2, 0.25) is 0 Å². The number of hydrogen-bond donors (Lipinski definition) is 1. The minimum Gasteiger partial charge on any atom is -0.387 e. The van der Waals surface area contributed by atoms with Crippen LogP contribution >= 0.6 is 0 Å². The van der Waals surface area contributed by atoms with Gasteiger partial charge in [0.05, 0.1) is 12.1 Å². The standard InChI is InChI=1S/C17H23F2N3O2/c1-13-3-2-4-14(20-13)15(23)22-10-5-16(24,12-22)11-21-8-6-17(18,19)7-9-21/h2-4,24H,5-12H2,1H3. The number of nitrogens with zero attached hydrogens (tertiary/aromatic N) is 3. The molecular weight excluding hydrogens is 316 g/mol. The van der Waals surface area contributed by atoms with Gasteiger partial charge in [-0.3, -0.25) is 9.69 Å². The topological polar surface area (TPSA) is 56.7 Å². The fourth-order valence-corrected chi connectivity index (χ4v) is 3.44. The van der Waals surface area contributed by atoms with Gasteiger partial charge in [0.2, 0.25) is 0 Å². The Hall–Kier alpha value is -1.60. The van der Waals surface area contributed by atoms with E-state index in [2.05, 4.69) is 4.98 Å². The van der Waals surface area contributed by atoms with Crippen LogP contribution in [0.1, 0.15) is 35.4 Å². The fraction of sp³-hybridized carbons (Fsp3) is 0.647. The van der Waals surface area contributed by atoms with Crippen molar-refractivity contribution in [2.24, 2.45) is 0 Å². The normalized spacial score (nSPS) is 27.4. The van der Waals surface area contributed by atoms with Crippen LogP contribution in [0.4, 0.5) is 8.78 Å². The number of halogens is 2. The van der Waals surface area contributed by atoms with Crippen LogP contribution < -0.4 is 0 Å². The summed E-state index contributed by atoms with van der Waals surface area (Å²) in [5.41, 5.74) is 0.105. The third kappa shape index (κ3) is 3.89. The quantitative estimate of drug-likeness (QED) is 0.911. The number of aliphatic hydroxyl groups is 1. The first-order valence-electron chi connectivity index (χ1n) is 8.32. The number of pyridine rings is 1. The zero-order chi connectivity index (χ0) is 17.4. The third-order valence-electron chi connectivity index (χ3n) is 4.83. The highest BCUT2D eigenvalue weighted by Gasteiger charge is 2.42. The smallest absolute Gasteiger partial charge is 0.272 e. The van der Waals surface area contributed by atoms with E-state index in [-0.39, 0.29) is 38.4 Å². The Balaban J connectivity index is 1.59. The van der Waals surface area contributed by atoms with Gasteiger partial charge < -0.3 is 10.0 Å². The number of carbonyl (C=O) groups is 1. The molecule has 5 nitrogen and oxygen atoms in total. The van der Waals surface area contributed by atoms with Crippen molar-refractivity contribution in [1.29, 1.82) is 0 Å². The highest BCUT2D eigenvalue weighted by Crippen LogP contribution is 2.30. The van der Waals surface area contributed by atoms with Crippen molar-refractivity contribution in [3.8, 4) is 0 Å². The van der Waals surface area contributed by atoms with E-state index in [0.717, 1.165) is 5.69 Å². The van der Waals surface area contributed by atoms with Gasteiger partial charge in [-0.1, -0.05) is 6.07 Å². The molecular formula is C17H23F2N3O2. The Morgan fingerprint density at radius 3 is 2.62 bits per heavy atom. The molecule has 1 atom stereocenters. The Morgan fingerprint density at radius 1 is 1.25 bits per heavy atom. The van der Waals surface area contributed by atoms with Gasteiger partial charge in [0.25, 0.3) is 11.8 Å². The molecule has 1 N–H and O–H groups in total. The Morgan fingerprint density at radius 2 is 1.96 bits per heavy atom. The second-order valence-electron chi connectivity index (χ2n) is 7.00. The van der Waals surface area contributed by atoms with E-state index in [4.69, 9.17) is 0 Å². The number of aryl methyl sites for hydroxylation is 1. The molecule has 1 aromatic heterocycles. The highest BCUT2D eigenvalue weighted by atomic mass is 19.3. The van der Waals surface area contributed by atoms with Crippen LogP contribution in [0.5, 0.6) is 0 Å². The van der Waals surface area contributed by atoms with Crippen molar-refractivity contribution in [2.45, 2.75) is 37.7 Å². The van der Waals surface area contributed by atoms with Gasteiger partial charge in [0.1, 0.15) is 5.69 Å². The number of rotatable bonds is 3. The number of β-amino-alcohol motifs (C(OH)–C–C–N with tert-alkyl or cyclic N) is 1. The van der Waals surface area contributed by atoms with Crippen molar-refractivity contribution in [1.82, 2.24) is 14.8 Å². The van der Waals surface area contributed by atoms with E-state index < -0.39 is 11.5 Å². The van der Waals surface area contributed by atoms with Crippen molar-refractivity contribution >= 4 is 5.91 Å². The van der Waals surface area contributed by atoms with E-state index in [1.165, 1.54) is 0 Å². The van der Waals surface area contributed by atoms with Gasteiger partial charge in [-0.2, -0.15) is 0 Å². The molecule has 132 valence electrons. The highest BCUT2D eigenvalue weighted by molar-refractivity contribution is 5.92. The second kappa shape index (κ2) is 6.37. The summed E-state index contributed by atoms with van der Waals surface area (Å²) in [5.74, 6) is -2.78. The Bertz CT molecular complexity index is 616. The summed E-state index contributed by atoms with van der Waals surface area (Å²) in [5, 5.41) is 10.8. The lowest BCUT2D eigenvalue weighted by Crippen LogP contribution is -2.49. The molecule has 3 rings (SSSR count). The molecule has 0 aliphatic carbocycles. The maximum Gasteiger partial charge on any atom is 0.272 e. The molecule has 7 heteroatoms. The van der Waals surface area contributed by atoms with Gasteiger partial charge in [-0.25, -0.2) is 13.8 Å². The number of aromatic nitrogens is 1. The van der Waals surface area contributed by atoms with Gasteiger partial charge >= 0.3 is 0 Å². The number of alkyl halides is 2. The molecule has 2 saturated heterocycles. The molecule has 24 heavy (non-hydrogen) atoms. The molecule has 3 heterocycles. The van der Waals surface area contributed by atoms with Crippen molar-refractivity contribution in [3.05, 3.63) is 29.6 Å². The predicted octanol–water partition coefficient (Wildman–Crippen LogP) is 1.70. The monoisotopic (exact) mass is 339 g/mol. The first-order valence-corrected chi connectivity index (χ1v) is 8.32. The molecule has 1 aromatic rings. The summed E-state index contributed by atoms with van der Waals surface area (Å²) in [6, 6.07) is 5.27. The third-order valence-corrected chi connectivity index (χ3v) is 4.83. The van der Waals surface area contributed by atoms with Crippen LogP contribution in [0.3, 0.4) is 0 Å². The summed E-state index contributed by atoms with van der Waals surface area (Å²) >= 11 is 0. The van der Waals surface area contributed by atoms with E-state index in [9.17, 15) is 18.7 Å². The fourth-order valence-electron chi connectivity index (χ4n) is 3.44. The number of likely N-dealkylation sites (tertiary alicyclic amines) is 2. The van der Waals surface area contributed by atoms with Crippen molar-refractivity contribution in [3.63, 3.8) is 0 Å². The molecule has 0 bridgehead atoms. The average Bonchev–Trinajstić information content (AvgIpc) is 2.91. The summed E-state index contributed by atoms with van der Waals surface area (Å²) in [7, 11) is 0. The van der Waals surface area contributed by atoms with Crippen molar-refractivity contribution in [2.75, 3.05) is 32.7 Å².